The first-order chi connectivity index (χ1) is 13.2. The number of amides is 2. The molecule has 148 valence electrons. The molecule has 3 rings (SSSR count). The SMILES string of the molecule is CN(C)c1ccc(NC(=O)C2CC(=O)N(c3ccccc3C(C)(C)C)C2)cc1. The summed E-state index contributed by atoms with van der Waals surface area (Å²) in [7, 11) is 3.95. The summed E-state index contributed by atoms with van der Waals surface area (Å²) in [6.07, 6.45) is 0.236. The van der Waals surface area contributed by atoms with Gasteiger partial charge in [-0.15, -0.1) is 0 Å². The molecule has 1 aliphatic heterocycles. The van der Waals surface area contributed by atoms with Crippen molar-refractivity contribution in [3.63, 3.8) is 0 Å². The molecule has 0 aliphatic carbocycles. The number of carbonyl (C=O) groups is 2. The third-order valence-electron chi connectivity index (χ3n) is 5.15. The van der Waals surface area contributed by atoms with Gasteiger partial charge in [-0.2, -0.15) is 0 Å². The lowest BCUT2D eigenvalue weighted by atomic mass is 9.85. The van der Waals surface area contributed by atoms with Crippen molar-refractivity contribution >= 4 is 28.9 Å². The molecule has 1 fully saturated rings. The van der Waals surface area contributed by atoms with E-state index < -0.39 is 0 Å². The van der Waals surface area contributed by atoms with Crippen LogP contribution in [-0.2, 0) is 15.0 Å². The molecule has 0 aromatic heterocycles. The van der Waals surface area contributed by atoms with E-state index in [0.29, 0.717) is 6.54 Å². The van der Waals surface area contributed by atoms with Gasteiger partial charge < -0.3 is 15.1 Å². The molecule has 0 spiro atoms. The van der Waals surface area contributed by atoms with Gasteiger partial charge in [0, 0.05) is 44.1 Å². The number of hydrogen-bond acceptors (Lipinski definition) is 3. The summed E-state index contributed by atoms with van der Waals surface area (Å²) in [5.74, 6) is -0.462. The normalized spacial score (nSPS) is 17.0. The van der Waals surface area contributed by atoms with E-state index in [4.69, 9.17) is 0 Å². The number of para-hydroxylation sites is 1. The van der Waals surface area contributed by atoms with Crippen molar-refractivity contribution in [3.05, 3.63) is 54.1 Å². The summed E-state index contributed by atoms with van der Waals surface area (Å²) in [5.41, 5.74) is 3.76. The van der Waals surface area contributed by atoms with Crippen LogP contribution in [0.5, 0.6) is 0 Å². The lowest BCUT2D eigenvalue weighted by Crippen LogP contribution is -2.30. The van der Waals surface area contributed by atoms with Gasteiger partial charge in [-0.1, -0.05) is 39.0 Å². The maximum Gasteiger partial charge on any atom is 0.229 e. The highest BCUT2D eigenvalue weighted by molar-refractivity contribution is 6.04. The van der Waals surface area contributed by atoms with Crippen LogP contribution in [0.15, 0.2) is 48.5 Å². The fraction of sp³-hybridized carbons (Fsp3) is 0.391. The van der Waals surface area contributed by atoms with Crippen LogP contribution in [0.2, 0.25) is 0 Å². The Bertz CT molecular complexity index is 866. The van der Waals surface area contributed by atoms with Crippen molar-refractivity contribution in [1.29, 1.82) is 0 Å². The first kappa shape index (κ1) is 19.9. The lowest BCUT2D eigenvalue weighted by molar-refractivity contribution is -0.122. The van der Waals surface area contributed by atoms with E-state index in [9.17, 15) is 9.59 Å². The van der Waals surface area contributed by atoms with Crippen LogP contribution < -0.4 is 15.1 Å². The van der Waals surface area contributed by atoms with Crippen LogP contribution in [0.3, 0.4) is 0 Å². The van der Waals surface area contributed by atoms with Crippen molar-refractivity contribution in [3.8, 4) is 0 Å². The Labute approximate surface area is 167 Å². The quantitative estimate of drug-likeness (QED) is 0.872. The van der Waals surface area contributed by atoms with E-state index in [2.05, 4.69) is 32.2 Å². The number of nitrogens with zero attached hydrogens (tertiary/aromatic N) is 2. The minimum Gasteiger partial charge on any atom is -0.378 e. The average Bonchev–Trinajstić information content (AvgIpc) is 3.03. The van der Waals surface area contributed by atoms with Crippen molar-refractivity contribution in [2.45, 2.75) is 32.6 Å². The van der Waals surface area contributed by atoms with Gasteiger partial charge in [-0.05, 0) is 41.3 Å². The molecular formula is C23H29N3O2. The minimum absolute atomic E-state index is 0.000180. The Morgan fingerprint density at radius 3 is 2.32 bits per heavy atom. The largest absolute Gasteiger partial charge is 0.378 e. The molecule has 2 aromatic carbocycles. The van der Waals surface area contributed by atoms with Gasteiger partial charge in [-0.3, -0.25) is 9.59 Å². The smallest absolute Gasteiger partial charge is 0.229 e. The van der Waals surface area contributed by atoms with Crippen molar-refractivity contribution in [1.82, 2.24) is 0 Å². The van der Waals surface area contributed by atoms with Gasteiger partial charge in [0.05, 0.1) is 5.92 Å². The summed E-state index contributed by atoms with van der Waals surface area (Å²) in [5, 5.41) is 2.95. The molecule has 1 aliphatic rings. The van der Waals surface area contributed by atoms with Crippen molar-refractivity contribution in [2.24, 2.45) is 5.92 Å². The predicted molar refractivity (Wildman–Crippen MR) is 115 cm³/mol. The summed E-state index contributed by atoms with van der Waals surface area (Å²) in [6, 6.07) is 15.7. The molecule has 1 heterocycles. The monoisotopic (exact) mass is 379 g/mol. The first-order valence-electron chi connectivity index (χ1n) is 9.65. The minimum atomic E-state index is -0.353. The summed E-state index contributed by atoms with van der Waals surface area (Å²) in [4.78, 5) is 29.2. The second-order valence-corrected chi connectivity index (χ2v) is 8.60. The zero-order valence-corrected chi connectivity index (χ0v) is 17.3. The highest BCUT2D eigenvalue weighted by atomic mass is 16.2. The standard InChI is InChI=1S/C23H29N3O2/c1-23(2,3)19-8-6-7-9-20(19)26-15-16(14-21(26)27)22(28)24-17-10-12-18(13-11-17)25(4)5/h6-13,16H,14-15H2,1-5H3,(H,24,28). The molecule has 5 heteroatoms. The second kappa shape index (κ2) is 7.66. The molecule has 0 bridgehead atoms. The zero-order valence-electron chi connectivity index (χ0n) is 17.3. The molecule has 1 atom stereocenters. The third-order valence-corrected chi connectivity index (χ3v) is 5.15. The Morgan fingerprint density at radius 2 is 1.71 bits per heavy atom. The van der Waals surface area contributed by atoms with Gasteiger partial charge >= 0.3 is 0 Å². The van der Waals surface area contributed by atoms with E-state index in [1.807, 2.05) is 61.5 Å². The topological polar surface area (TPSA) is 52.7 Å². The van der Waals surface area contributed by atoms with Crippen molar-refractivity contribution in [2.75, 3.05) is 35.8 Å². The Hall–Kier alpha value is -2.82. The number of benzene rings is 2. The summed E-state index contributed by atoms with van der Waals surface area (Å²) in [6.45, 7) is 6.81. The second-order valence-electron chi connectivity index (χ2n) is 8.60. The van der Waals surface area contributed by atoms with E-state index in [-0.39, 0.29) is 29.6 Å². The Morgan fingerprint density at radius 1 is 1.07 bits per heavy atom. The van der Waals surface area contributed by atoms with Gasteiger partial charge in [0.2, 0.25) is 11.8 Å². The molecule has 5 nitrogen and oxygen atoms in total. The maximum atomic E-state index is 12.7. The molecular weight excluding hydrogens is 350 g/mol. The van der Waals surface area contributed by atoms with E-state index in [1.165, 1.54) is 0 Å². The Kier molecular flexibility index (Phi) is 5.45. The van der Waals surface area contributed by atoms with E-state index in [0.717, 1.165) is 22.6 Å². The van der Waals surface area contributed by atoms with Crippen molar-refractivity contribution < 1.29 is 9.59 Å². The molecule has 1 saturated heterocycles. The molecule has 1 unspecified atom stereocenters. The van der Waals surface area contributed by atoms with Crippen LogP contribution in [-0.4, -0.2) is 32.5 Å². The third kappa shape index (κ3) is 4.19. The van der Waals surface area contributed by atoms with Gasteiger partial charge in [-0.25, -0.2) is 0 Å². The molecule has 0 radical (unpaired) electrons. The number of nitrogens with one attached hydrogen (secondary N) is 1. The fourth-order valence-electron chi connectivity index (χ4n) is 3.55. The number of carbonyl (C=O) groups excluding carboxylic acids is 2. The van der Waals surface area contributed by atoms with Crippen LogP contribution in [0.25, 0.3) is 0 Å². The van der Waals surface area contributed by atoms with Crippen LogP contribution in [0.1, 0.15) is 32.8 Å². The summed E-state index contributed by atoms with van der Waals surface area (Å²) < 4.78 is 0. The molecule has 28 heavy (non-hydrogen) atoms. The number of anilines is 3. The summed E-state index contributed by atoms with van der Waals surface area (Å²) >= 11 is 0. The lowest BCUT2D eigenvalue weighted by Gasteiger charge is -2.27. The highest BCUT2D eigenvalue weighted by Crippen LogP contribution is 2.35. The number of hydrogen-bond donors (Lipinski definition) is 1. The van der Waals surface area contributed by atoms with Crippen LogP contribution in [0, 0.1) is 5.92 Å². The first-order valence-corrected chi connectivity index (χ1v) is 9.65. The average molecular weight is 380 g/mol. The van der Waals surface area contributed by atoms with Gasteiger partial charge in [0.1, 0.15) is 0 Å². The van der Waals surface area contributed by atoms with E-state index >= 15 is 0 Å². The fourth-order valence-corrected chi connectivity index (χ4v) is 3.55. The Balaban J connectivity index is 1.73. The van der Waals surface area contributed by atoms with Gasteiger partial charge in [0.25, 0.3) is 0 Å². The predicted octanol–water partition coefficient (Wildman–Crippen LogP) is 4.04. The molecule has 2 amide bonds. The van der Waals surface area contributed by atoms with Gasteiger partial charge in [0.15, 0.2) is 0 Å². The van der Waals surface area contributed by atoms with E-state index in [1.54, 1.807) is 4.90 Å². The molecule has 1 N–H and O–H groups in total. The zero-order chi connectivity index (χ0) is 20.5. The number of rotatable bonds is 4. The molecule has 0 saturated carbocycles. The highest BCUT2D eigenvalue weighted by Gasteiger charge is 2.37. The van der Waals surface area contributed by atoms with Crippen LogP contribution in [0.4, 0.5) is 17.1 Å². The molecule has 2 aromatic rings. The van der Waals surface area contributed by atoms with Crippen LogP contribution >= 0.6 is 0 Å². The maximum absolute atomic E-state index is 12.7.